The quantitative estimate of drug-likeness (QED) is 0.617. The van der Waals surface area contributed by atoms with E-state index in [-0.39, 0.29) is 0 Å². The molecule has 2 aromatic heterocycles. The zero-order valence-electron chi connectivity index (χ0n) is 8.83. The van der Waals surface area contributed by atoms with E-state index in [2.05, 4.69) is 15.2 Å². The molecule has 0 aliphatic rings. The molecule has 0 fully saturated rings. The van der Waals surface area contributed by atoms with Gasteiger partial charge < -0.3 is 4.57 Å². The minimum absolute atomic E-state index is 0.783. The van der Waals surface area contributed by atoms with Crippen molar-refractivity contribution in [3.63, 3.8) is 0 Å². The molecule has 0 atom stereocenters. The number of hydrogen-bond acceptors (Lipinski definition) is 3. The van der Waals surface area contributed by atoms with Gasteiger partial charge in [0.1, 0.15) is 12.0 Å². The fourth-order valence-corrected chi connectivity index (χ4v) is 1.71. The first-order valence-corrected chi connectivity index (χ1v) is 5.05. The van der Waals surface area contributed by atoms with Crippen molar-refractivity contribution in [2.75, 3.05) is 0 Å². The normalized spacial score (nSPS) is 10.8. The van der Waals surface area contributed by atoms with Gasteiger partial charge in [-0.2, -0.15) is 0 Å². The molecule has 0 unspecified atom stereocenters. The number of aryl methyl sites for hydroxylation is 1. The van der Waals surface area contributed by atoms with Crippen molar-refractivity contribution in [1.82, 2.24) is 19.7 Å². The van der Waals surface area contributed by atoms with Crippen molar-refractivity contribution in [2.45, 2.75) is 0 Å². The Bertz CT molecular complexity index is 642. The summed E-state index contributed by atoms with van der Waals surface area (Å²) in [6, 6.07) is 12.0. The monoisotopic (exact) mass is 210 g/mol. The molecule has 2 heterocycles. The zero-order valence-corrected chi connectivity index (χ0v) is 8.83. The van der Waals surface area contributed by atoms with Crippen LogP contribution in [-0.2, 0) is 7.05 Å². The maximum atomic E-state index is 4.56. The topological polar surface area (TPSA) is 43.6 Å². The fourth-order valence-electron chi connectivity index (χ4n) is 1.71. The lowest BCUT2D eigenvalue weighted by atomic mass is 10.2. The van der Waals surface area contributed by atoms with E-state index in [9.17, 15) is 0 Å². The Labute approximate surface area is 92.6 Å². The second-order valence-electron chi connectivity index (χ2n) is 3.65. The lowest BCUT2D eigenvalue weighted by Gasteiger charge is -2.01. The predicted octanol–water partition coefficient (Wildman–Crippen LogP) is 2.03. The van der Waals surface area contributed by atoms with Gasteiger partial charge in [-0.05, 0) is 12.1 Å². The Morgan fingerprint density at radius 3 is 2.75 bits per heavy atom. The largest absolute Gasteiger partial charge is 0.315 e. The summed E-state index contributed by atoms with van der Waals surface area (Å²) < 4.78 is 1.86. The van der Waals surface area contributed by atoms with Gasteiger partial charge in [-0.25, -0.2) is 4.98 Å². The Balaban J connectivity index is 2.23. The van der Waals surface area contributed by atoms with Gasteiger partial charge in [-0.3, -0.25) is 0 Å². The molecule has 0 aliphatic heterocycles. The Morgan fingerprint density at radius 2 is 1.94 bits per heavy atom. The summed E-state index contributed by atoms with van der Waals surface area (Å²) in [7, 11) is 1.91. The molecule has 78 valence electrons. The molecule has 4 heteroatoms. The molecule has 0 aliphatic carbocycles. The van der Waals surface area contributed by atoms with Crippen molar-refractivity contribution in [1.29, 1.82) is 0 Å². The van der Waals surface area contributed by atoms with Gasteiger partial charge in [0.2, 0.25) is 0 Å². The lowest BCUT2D eigenvalue weighted by molar-refractivity contribution is 0.915. The molecule has 3 aromatic rings. The predicted molar refractivity (Wildman–Crippen MR) is 61.7 cm³/mol. The van der Waals surface area contributed by atoms with Crippen LogP contribution >= 0.6 is 0 Å². The third-order valence-electron chi connectivity index (χ3n) is 2.54. The number of pyridine rings is 1. The van der Waals surface area contributed by atoms with Gasteiger partial charge in [-0.1, -0.05) is 24.3 Å². The third kappa shape index (κ3) is 1.35. The summed E-state index contributed by atoms with van der Waals surface area (Å²) >= 11 is 0. The SMILES string of the molecule is Cn1cnnc1-c1ccc2ccccc2n1. The van der Waals surface area contributed by atoms with E-state index >= 15 is 0 Å². The second kappa shape index (κ2) is 3.41. The molecule has 0 radical (unpaired) electrons. The van der Waals surface area contributed by atoms with Crippen LogP contribution < -0.4 is 0 Å². The summed E-state index contributed by atoms with van der Waals surface area (Å²) in [4.78, 5) is 4.56. The summed E-state index contributed by atoms with van der Waals surface area (Å²) in [5, 5.41) is 9.03. The van der Waals surface area contributed by atoms with Gasteiger partial charge in [0.25, 0.3) is 0 Å². The van der Waals surface area contributed by atoms with Crippen molar-refractivity contribution in [3.8, 4) is 11.5 Å². The van der Waals surface area contributed by atoms with Gasteiger partial charge in [0.05, 0.1) is 5.52 Å². The highest BCUT2D eigenvalue weighted by atomic mass is 15.3. The minimum Gasteiger partial charge on any atom is -0.315 e. The standard InChI is InChI=1S/C12H10N4/c1-16-8-13-15-12(16)11-7-6-9-4-2-3-5-10(9)14-11/h2-8H,1H3. The Morgan fingerprint density at radius 1 is 1.06 bits per heavy atom. The average molecular weight is 210 g/mol. The molecular formula is C12H10N4. The molecule has 0 saturated carbocycles. The number of nitrogens with zero attached hydrogens (tertiary/aromatic N) is 4. The van der Waals surface area contributed by atoms with Crippen molar-refractivity contribution in [2.24, 2.45) is 7.05 Å². The summed E-state index contributed by atoms with van der Waals surface area (Å²) in [6.07, 6.45) is 1.67. The first-order valence-electron chi connectivity index (χ1n) is 5.05. The molecule has 0 amide bonds. The zero-order chi connectivity index (χ0) is 11.0. The molecule has 16 heavy (non-hydrogen) atoms. The minimum atomic E-state index is 0.783. The highest BCUT2D eigenvalue weighted by Gasteiger charge is 2.06. The second-order valence-corrected chi connectivity index (χ2v) is 3.65. The highest BCUT2D eigenvalue weighted by molar-refractivity contribution is 5.80. The van der Waals surface area contributed by atoms with E-state index in [1.54, 1.807) is 6.33 Å². The van der Waals surface area contributed by atoms with Gasteiger partial charge in [0, 0.05) is 12.4 Å². The summed E-state index contributed by atoms with van der Waals surface area (Å²) in [5.41, 5.74) is 1.82. The van der Waals surface area contributed by atoms with Crippen LogP contribution in [0.1, 0.15) is 0 Å². The maximum Gasteiger partial charge on any atom is 0.182 e. The Kier molecular flexibility index (Phi) is 1.93. The first-order chi connectivity index (χ1) is 7.84. The molecule has 0 saturated heterocycles. The molecule has 0 bridgehead atoms. The molecule has 4 nitrogen and oxygen atoms in total. The molecule has 0 N–H and O–H groups in total. The number of fused-ring (bicyclic) bond motifs is 1. The summed E-state index contributed by atoms with van der Waals surface area (Å²) in [5.74, 6) is 0.783. The van der Waals surface area contributed by atoms with E-state index in [4.69, 9.17) is 0 Å². The lowest BCUT2D eigenvalue weighted by Crippen LogP contribution is -1.93. The summed E-state index contributed by atoms with van der Waals surface area (Å²) in [6.45, 7) is 0. The smallest absolute Gasteiger partial charge is 0.182 e. The number of para-hydroxylation sites is 1. The molecule has 0 spiro atoms. The van der Waals surface area contributed by atoms with Crippen molar-refractivity contribution in [3.05, 3.63) is 42.7 Å². The van der Waals surface area contributed by atoms with Gasteiger partial charge in [-0.15, -0.1) is 10.2 Å². The van der Waals surface area contributed by atoms with Crippen LogP contribution in [0.2, 0.25) is 0 Å². The highest BCUT2D eigenvalue weighted by Crippen LogP contribution is 2.18. The Hall–Kier alpha value is -2.23. The van der Waals surface area contributed by atoms with E-state index in [1.165, 1.54) is 0 Å². The van der Waals surface area contributed by atoms with Crippen LogP contribution in [0.25, 0.3) is 22.4 Å². The van der Waals surface area contributed by atoms with Crippen LogP contribution in [0.5, 0.6) is 0 Å². The number of aromatic nitrogens is 4. The average Bonchev–Trinajstić information content (AvgIpc) is 2.75. The fraction of sp³-hybridized carbons (Fsp3) is 0.0833. The van der Waals surface area contributed by atoms with Crippen LogP contribution in [0, 0.1) is 0 Å². The van der Waals surface area contributed by atoms with Crippen molar-refractivity contribution >= 4 is 10.9 Å². The van der Waals surface area contributed by atoms with E-state index in [0.29, 0.717) is 0 Å². The molecular weight excluding hydrogens is 200 g/mol. The maximum absolute atomic E-state index is 4.56. The number of rotatable bonds is 1. The van der Waals surface area contributed by atoms with E-state index in [0.717, 1.165) is 22.4 Å². The number of benzene rings is 1. The molecule has 3 rings (SSSR count). The van der Waals surface area contributed by atoms with Crippen LogP contribution in [0.15, 0.2) is 42.7 Å². The van der Waals surface area contributed by atoms with E-state index in [1.807, 2.05) is 48.0 Å². The van der Waals surface area contributed by atoms with Crippen LogP contribution in [-0.4, -0.2) is 19.7 Å². The van der Waals surface area contributed by atoms with Crippen LogP contribution in [0.3, 0.4) is 0 Å². The van der Waals surface area contributed by atoms with Crippen molar-refractivity contribution < 1.29 is 0 Å². The molecule has 1 aromatic carbocycles. The third-order valence-corrected chi connectivity index (χ3v) is 2.54. The first kappa shape index (κ1) is 9.03. The van der Waals surface area contributed by atoms with Gasteiger partial charge >= 0.3 is 0 Å². The van der Waals surface area contributed by atoms with E-state index < -0.39 is 0 Å². The van der Waals surface area contributed by atoms with Crippen LogP contribution in [0.4, 0.5) is 0 Å². The van der Waals surface area contributed by atoms with Gasteiger partial charge in [0.15, 0.2) is 5.82 Å². The number of hydrogen-bond donors (Lipinski definition) is 0.